The van der Waals surface area contributed by atoms with Gasteiger partial charge < -0.3 is 10.2 Å². The van der Waals surface area contributed by atoms with Crippen LogP contribution in [0.3, 0.4) is 0 Å². The van der Waals surface area contributed by atoms with Gasteiger partial charge in [0.2, 0.25) is 15.9 Å². The minimum Gasteiger partial charge on any atom is -0.341 e. The first-order chi connectivity index (χ1) is 9.85. The van der Waals surface area contributed by atoms with E-state index in [0.717, 1.165) is 19.3 Å². The lowest BCUT2D eigenvalue weighted by Crippen LogP contribution is -2.39. The lowest BCUT2D eigenvalue weighted by Gasteiger charge is -2.29. The summed E-state index contributed by atoms with van der Waals surface area (Å²) in [5.74, 6) is 1.12. The Morgan fingerprint density at radius 1 is 1.43 bits per heavy atom. The molecule has 2 aliphatic rings. The van der Waals surface area contributed by atoms with Crippen molar-refractivity contribution in [2.45, 2.75) is 38.6 Å². The second-order valence-corrected chi connectivity index (χ2v) is 8.28. The molecule has 122 valence electrons. The van der Waals surface area contributed by atoms with Gasteiger partial charge in [0.15, 0.2) is 0 Å². The summed E-state index contributed by atoms with van der Waals surface area (Å²) in [5.41, 5.74) is 0. The SMILES string of the molecule is CC(CC(=O)N1CCC(NS(C)(=O)=O)C1)C1CCCNC1. The third kappa shape index (κ3) is 5.23. The molecule has 0 aromatic carbocycles. The van der Waals surface area contributed by atoms with Gasteiger partial charge >= 0.3 is 0 Å². The number of carbonyl (C=O) groups is 1. The second-order valence-electron chi connectivity index (χ2n) is 6.50. The summed E-state index contributed by atoms with van der Waals surface area (Å²) in [6.07, 6.45) is 4.82. The van der Waals surface area contributed by atoms with Crippen molar-refractivity contribution in [2.75, 3.05) is 32.4 Å². The van der Waals surface area contributed by atoms with Gasteiger partial charge in [0.25, 0.3) is 0 Å². The Balaban J connectivity index is 1.78. The van der Waals surface area contributed by atoms with Gasteiger partial charge in [-0.3, -0.25) is 4.79 Å². The van der Waals surface area contributed by atoms with Crippen LogP contribution in [-0.2, 0) is 14.8 Å². The monoisotopic (exact) mass is 317 g/mol. The fourth-order valence-corrected chi connectivity index (χ4v) is 4.12. The molecule has 2 N–H and O–H groups in total. The molecule has 0 spiro atoms. The Morgan fingerprint density at radius 3 is 2.81 bits per heavy atom. The molecule has 6 nitrogen and oxygen atoms in total. The van der Waals surface area contributed by atoms with Crippen LogP contribution in [0.5, 0.6) is 0 Å². The number of nitrogens with zero attached hydrogens (tertiary/aromatic N) is 1. The summed E-state index contributed by atoms with van der Waals surface area (Å²) >= 11 is 0. The predicted octanol–water partition coefficient (Wildman–Crippen LogP) is 0.162. The van der Waals surface area contributed by atoms with Crippen LogP contribution < -0.4 is 10.0 Å². The minimum atomic E-state index is -3.19. The van der Waals surface area contributed by atoms with E-state index in [0.29, 0.717) is 37.8 Å². The number of carbonyl (C=O) groups excluding carboxylic acids is 1. The molecule has 0 aliphatic carbocycles. The first-order valence-corrected chi connectivity index (χ1v) is 9.70. The van der Waals surface area contributed by atoms with Crippen molar-refractivity contribution in [3.63, 3.8) is 0 Å². The summed E-state index contributed by atoms with van der Waals surface area (Å²) in [5, 5.41) is 3.39. The fraction of sp³-hybridized carbons (Fsp3) is 0.929. The van der Waals surface area contributed by atoms with Crippen molar-refractivity contribution in [1.29, 1.82) is 0 Å². The van der Waals surface area contributed by atoms with Gasteiger partial charge in [-0.05, 0) is 44.2 Å². The first kappa shape index (κ1) is 16.7. The summed E-state index contributed by atoms with van der Waals surface area (Å²) in [6, 6.07) is -0.129. The highest BCUT2D eigenvalue weighted by Crippen LogP contribution is 2.24. The Bertz CT molecular complexity index is 460. The lowest BCUT2D eigenvalue weighted by molar-refractivity contribution is -0.131. The van der Waals surface area contributed by atoms with Gasteiger partial charge in [-0.2, -0.15) is 0 Å². The molecular weight excluding hydrogens is 290 g/mol. The highest BCUT2D eigenvalue weighted by molar-refractivity contribution is 7.88. The average Bonchev–Trinajstić information content (AvgIpc) is 2.86. The van der Waals surface area contributed by atoms with Crippen molar-refractivity contribution in [1.82, 2.24) is 14.9 Å². The molecule has 2 aliphatic heterocycles. The van der Waals surface area contributed by atoms with Gasteiger partial charge in [0.1, 0.15) is 0 Å². The van der Waals surface area contributed by atoms with Crippen molar-refractivity contribution >= 4 is 15.9 Å². The predicted molar refractivity (Wildman–Crippen MR) is 82.3 cm³/mol. The maximum absolute atomic E-state index is 12.3. The number of nitrogens with one attached hydrogen (secondary N) is 2. The summed E-state index contributed by atoms with van der Waals surface area (Å²) in [7, 11) is -3.19. The van der Waals surface area contributed by atoms with E-state index in [4.69, 9.17) is 0 Å². The van der Waals surface area contributed by atoms with E-state index in [2.05, 4.69) is 17.0 Å². The molecule has 0 aromatic rings. The molecule has 0 saturated carbocycles. The second kappa shape index (κ2) is 7.07. The van der Waals surface area contributed by atoms with E-state index in [1.807, 2.05) is 0 Å². The normalized spacial score (nSPS) is 28.6. The standard InChI is InChI=1S/C14H27N3O3S/c1-11(12-4-3-6-15-9-12)8-14(18)17-7-5-13(10-17)16-21(2,19)20/h11-13,15-16H,3-10H2,1-2H3. The van der Waals surface area contributed by atoms with Crippen LogP contribution in [0.4, 0.5) is 0 Å². The summed E-state index contributed by atoms with van der Waals surface area (Å²) < 4.78 is 25.0. The van der Waals surface area contributed by atoms with Gasteiger partial charge in [-0.1, -0.05) is 6.92 Å². The van der Waals surface area contributed by atoms with E-state index in [-0.39, 0.29) is 11.9 Å². The molecule has 2 saturated heterocycles. The number of likely N-dealkylation sites (tertiary alicyclic amines) is 1. The van der Waals surface area contributed by atoms with E-state index in [9.17, 15) is 13.2 Å². The quantitative estimate of drug-likeness (QED) is 0.757. The largest absolute Gasteiger partial charge is 0.341 e. The Morgan fingerprint density at radius 2 is 2.19 bits per heavy atom. The molecule has 0 radical (unpaired) electrons. The Hall–Kier alpha value is -0.660. The number of piperidine rings is 1. The summed E-state index contributed by atoms with van der Waals surface area (Å²) in [4.78, 5) is 14.1. The Labute approximate surface area is 127 Å². The third-order valence-electron chi connectivity index (χ3n) is 4.56. The first-order valence-electron chi connectivity index (χ1n) is 7.81. The maximum Gasteiger partial charge on any atom is 0.222 e. The third-order valence-corrected chi connectivity index (χ3v) is 5.32. The van der Waals surface area contributed by atoms with Crippen molar-refractivity contribution in [3.05, 3.63) is 0 Å². The lowest BCUT2D eigenvalue weighted by atomic mass is 9.85. The van der Waals surface area contributed by atoms with E-state index in [1.165, 1.54) is 12.8 Å². The van der Waals surface area contributed by atoms with Crippen LogP contribution >= 0.6 is 0 Å². The van der Waals surface area contributed by atoms with Crippen LogP contribution in [0.25, 0.3) is 0 Å². The minimum absolute atomic E-state index is 0.129. The molecule has 2 fully saturated rings. The number of sulfonamides is 1. The van der Waals surface area contributed by atoms with Crippen LogP contribution in [-0.4, -0.2) is 57.7 Å². The Kier molecular flexibility index (Phi) is 5.62. The highest BCUT2D eigenvalue weighted by atomic mass is 32.2. The van der Waals surface area contributed by atoms with Gasteiger partial charge in [-0.25, -0.2) is 13.1 Å². The fourth-order valence-electron chi connectivity index (χ4n) is 3.32. The van der Waals surface area contributed by atoms with Crippen LogP contribution in [0.15, 0.2) is 0 Å². The van der Waals surface area contributed by atoms with Crippen LogP contribution in [0, 0.1) is 11.8 Å². The number of hydrogen-bond donors (Lipinski definition) is 2. The molecule has 2 heterocycles. The van der Waals surface area contributed by atoms with E-state index in [1.54, 1.807) is 4.90 Å². The number of hydrogen-bond acceptors (Lipinski definition) is 4. The molecule has 21 heavy (non-hydrogen) atoms. The average molecular weight is 317 g/mol. The highest BCUT2D eigenvalue weighted by Gasteiger charge is 2.30. The van der Waals surface area contributed by atoms with Crippen molar-refractivity contribution < 1.29 is 13.2 Å². The van der Waals surface area contributed by atoms with E-state index < -0.39 is 10.0 Å². The number of amides is 1. The van der Waals surface area contributed by atoms with Gasteiger partial charge in [-0.15, -0.1) is 0 Å². The number of rotatable bonds is 5. The van der Waals surface area contributed by atoms with Crippen molar-refractivity contribution in [2.24, 2.45) is 11.8 Å². The zero-order valence-corrected chi connectivity index (χ0v) is 13.8. The molecule has 3 unspecified atom stereocenters. The molecule has 0 bridgehead atoms. The van der Waals surface area contributed by atoms with Crippen LogP contribution in [0.1, 0.15) is 32.6 Å². The molecular formula is C14H27N3O3S. The van der Waals surface area contributed by atoms with Gasteiger partial charge in [0, 0.05) is 25.6 Å². The van der Waals surface area contributed by atoms with Crippen LogP contribution in [0.2, 0.25) is 0 Å². The molecule has 1 amide bonds. The molecule has 0 aromatic heterocycles. The molecule has 7 heteroatoms. The molecule has 3 atom stereocenters. The summed E-state index contributed by atoms with van der Waals surface area (Å²) in [6.45, 7) is 5.40. The zero-order chi connectivity index (χ0) is 15.5. The smallest absolute Gasteiger partial charge is 0.222 e. The molecule has 2 rings (SSSR count). The zero-order valence-electron chi connectivity index (χ0n) is 13.0. The van der Waals surface area contributed by atoms with E-state index >= 15 is 0 Å². The maximum atomic E-state index is 12.3. The van der Waals surface area contributed by atoms with Gasteiger partial charge in [0.05, 0.1) is 6.26 Å². The topological polar surface area (TPSA) is 78.5 Å². The van der Waals surface area contributed by atoms with Crippen molar-refractivity contribution in [3.8, 4) is 0 Å².